The van der Waals surface area contributed by atoms with Crippen LogP contribution >= 0.6 is 15.9 Å². The molecule has 1 saturated heterocycles. The lowest BCUT2D eigenvalue weighted by Gasteiger charge is -2.32. The number of hydrogen-bond donors (Lipinski definition) is 1. The summed E-state index contributed by atoms with van der Waals surface area (Å²) in [6.07, 6.45) is 3.93. The molecular weight excluding hydrogens is 304 g/mol. The average molecular weight is 323 g/mol. The molecule has 0 spiro atoms. The van der Waals surface area contributed by atoms with Gasteiger partial charge in [0.2, 0.25) is 5.91 Å². The van der Waals surface area contributed by atoms with Crippen molar-refractivity contribution >= 4 is 21.8 Å². The molecule has 0 radical (unpaired) electrons. The largest absolute Gasteiger partial charge is 0.344 e. The summed E-state index contributed by atoms with van der Waals surface area (Å²) in [5, 5.41) is 3.74. The van der Waals surface area contributed by atoms with Crippen LogP contribution in [-0.2, 0) is 11.2 Å². The van der Waals surface area contributed by atoms with E-state index in [4.69, 9.17) is 0 Å². The fraction of sp³-hybridized carbons (Fsp3) is 0.533. The van der Waals surface area contributed by atoms with E-state index >= 15 is 0 Å². The van der Waals surface area contributed by atoms with Crippen molar-refractivity contribution in [2.75, 3.05) is 13.6 Å². The number of carbonyl (C=O) groups excluding carboxylic acids is 1. The van der Waals surface area contributed by atoms with Gasteiger partial charge in [-0.05, 0) is 36.5 Å². The second kappa shape index (κ2) is 5.25. The van der Waals surface area contributed by atoms with E-state index in [-0.39, 0.29) is 5.91 Å². The Labute approximate surface area is 122 Å². The van der Waals surface area contributed by atoms with Crippen molar-refractivity contribution in [3.63, 3.8) is 0 Å². The highest BCUT2D eigenvalue weighted by molar-refractivity contribution is 9.10. The van der Waals surface area contributed by atoms with Gasteiger partial charge < -0.3 is 10.2 Å². The molecule has 2 atom stereocenters. The molecule has 19 heavy (non-hydrogen) atoms. The molecule has 1 aromatic rings. The maximum Gasteiger partial charge on any atom is 0.222 e. The van der Waals surface area contributed by atoms with E-state index in [2.05, 4.69) is 39.4 Å². The third-order valence-electron chi connectivity index (χ3n) is 4.28. The van der Waals surface area contributed by atoms with Gasteiger partial charge in [0.05, 0.1) is 0 Å². The molecule has 102 valence electrons. The number of amides is 1. The molecule has 0 bridgehead atoms. The fourth-order valence-electron chi connectivity index (χ4n) is 3.22. The van der Waals surface area contributed by atoms with Crippen molar-refractivity contribution in [1.29, 1.82) is 0 Å². The van der Waals surface area contributed by atoms with Gasteiger partial charge in [-0.1, -0.05) is 28.1 Å². The van der Waals surface area contributed by atoms with E-state index in [1.807, 2.05) is 11.9 Å². The summed E-state index contributed by atoms with van der Waals surface area (Å²) >= 11 is 3.64. The molecular formula is C15H19BrN2O. The zero-order valence-corrected chi connectivity index (χ0v) is 12.7. The number of piperidine rings is 1. The number of hydrogen-bond acceptors (Lipinski definition) is 2. The Hall–Kier alpha value is -0.870. The number of nitrogens with zero attached hydrogens (tertiary/aromatic N) is 1. The number of halogens is 1. The van der Waals surface area contributed by atoms with Crippen molar-refractivity contribution in [3.8, 4) is 0 Å². The van der Waals surface area contributed by atoms with Gasteiger partial charge in [0, 0.05) is 36.6 Å². The Kier molecular flexibility index (Phi) is 3.63. The predicted molar refractivity (Wildman–Crippen MR) is 79.0 cm³/mol. The van der Waals surface area contributed by atoms with E-state index < -0.39 is 0 Å². The molecule has 0 saturated carbocycles. The van der Waals surface area contributed by atoms with E-state index in [0.717, 1.165) is 25.8 Å². The summed E-state index contributed by atoms with van der Waals surface area (Å²) in [7, 11) is 1.90. The lowest BCUT2D eigenvalue weighted by Crippen LogP contribution is -2.47. The first kappa shape index (κ1) is 13.1. The Morgan fingerprint density at radius 3 is 2.95 bits per heavy atom. The van der Waals surface area contributed by atoms with E-state index in [1.165, 1.54) is 15.6 Å². The average Bonchev–Trinajstić information content (AvgIpc) is 2.79. The van der Waals surface area contributed by atoms with Crippen LogP contribution in [0, 0.1) is 0 Å². The minimum absolute atomic E-state index is 0.271. The van der Waals surface area contributed by atoms with Crippen LogP contribution in [0.3, 0.4) is 0 Å². The Bertz CT molecular complexity index is 503. The standard InChI is InChI=1S/C15H19BrN2O/c1-18-9-10(5-8-15(18)19)17-14-7-6-11-12(14)3-2-4-13(11)16/h2-4,10,14,17H,5-9H2,1H3. The van der Waals surface area contributed by atoms with E-state index in [9.17, 15) is 4.79 Å². The SMILES string of the molecule is CN1CC(NC2CCc3c(Br)cccc32)CCC1=O. The highest BCUT2D eigenvalue weighted by Gasteiger charge is 2.29. The monoisotopic (exact) mass is 322 g/mol. The molecule has 1 aliphatic heterocycles. The zero-order valence-electron chi connectivity index (χ0n) is 11.2. The van der Waals surface area contributed by atoms with Crippen LogP contribution in [0.1, 0.15) is 36.4 Å². The van der Waals surface area contributed by atoms with Crippen LogP contribution in [-0.4, -0.2) is 30.4 Å². The highest BCUT2D eigenvalue weighted by atomic mass is 79.9. The first-order valence-corrected chi connectivity index (χ1v) is 7.72. The van der Waals surface area contributed by atoms with Crippen molar-refractivity contribution in [2.24, 2.45) is 0 Å². The second-order valence-corrected chi connectivity index (χ2v) is 6.43. The van der Waals surface area contributed by atoms with Gasteiger partial charge in [-0.2, -0.15) is 0 Å². The Morgan fingerprint density at radius 1 is 1.32 bits per heavy atom. The van der Waals surface area contributed by atoms with Gasteiger partial charge in [0.15, 0.2) is 0 Å². The number of likely N-dealkylation sites (tertiary alicyclic amines) is 1. The number of fused-ring (bicyclic) bond motifs is 1. The van der Waals surface area contributed by atoms with Gasteiger partial charge in [0.25, 0.3) is 0 Å². The van der Waals surface area contributed by atoms with E-state index in [1.54, 1.807) is 0 Å². The third kappa shape index (κ3) is 2.56. The maximum atomic E-state index is 11.5. The number of benzene rings is 1. The van der Waals surface area contributed by atoms with Crippen LogP contribution in [0.2, 0.25) is 0 Å². The lowest BCUT2D eigenvalue weighted by atomic mass is 10.0. The number of likely N-dealkylation sites (N-methyl/N-ethyl adjacent to an activating group) is 1. The first-order valence-electron chi connectivity index (χ1n) is 6.92. The summed E-state index contributed by atoms with van der Waals surface area (Å²) < 4.78 is 1.23. The quantitative estimate of drug-likeness (QED) is 0.907. The number of rotatable bonds is 2. The molecule has 1 N–H and O–H groups in total. The van der Waals surface area contributed by atoms with Crippen molar-refractivity contribution in [3.05, 3.63) is 33.8 Å². The Morgan fingerprint density at radius 2 is 2.16 bits per heavy atom. The van der Waals surface area contributed by atoms with Crippen molar-refractivity contribution < 1.29 is 4.79 Å². The number of nitrogens with one attached hydrogen (secondary N) is 1. The molecule has 2 unspecified atom stereocenters. The summed E-state index contributed by atoms with van der Waals surface area (Å²) in [6, 6.07) is 7.33. The molecule has 2 aliphatic rings. The van der Waals surface area contributed by atoms with E-state index in [0.29, 0.717) is 18.5 Å². The number of carbonyl (C=O) groups is 1. The molecule has 1 fully saturated rings. The fourth-order valence-corrected chi connectivity index (χ4v) is 3.80. The first-order chi connectivity index (χ1) is 9.15. The maximum absolute atomic E-state index is 11.5. The van der Waals surface area contributed by atoms with Gasteiger partial charge in [0.1, 0.15) is 0 Å². The van der Waals surface area contributed by atoms with Gasteiger partial charge in [-0.25, -0.2) is 0 Å². The van der Waals surface area contributed by atoms with Crippen LogP contribution in [0.4, 0.5) is 0 Å². The summed E-state index contributed by atoms with van der Waals surface area (Å²) in [5.74, 6) is 0.271. The van der Waals surface area contributed by atoms with Crippen molar-refractivity contribution in [1.82, 2.24) is 10.2 Å². The minimum atomic E-state index is 0.271. The smallest absolute Gasteiger partial charge is 0.222 e. The lowest BCUT2D eigenvalue weighted by molar-refractivity contribution is -0.132. The van der Waals surface area contributed by atoms with Gasteiger partial charge in [-0.15, -0.1) is 0 Å². The van der Waals surface area contributed by atoms with Crippen LogP contribution in [0.25, 0.3) is 0 Å². The second-order valence-electron chi connectivity index (χ2n) is 5.58. The molecule has 1 heterocycles. The van der Waals surface area contributed by atoms with Gasteiger partial charge >= 0.3 is 0 Å². The molecule has 1 aromatic carbocycles. The topological polar surface area (TPSA) is 32.3 Å². The molecule has 0 aromatic heterocycles. The van der Waals surface area contributed by atoms with Gasteiger partial charge in [-0.3, -0.25) is 4.79 Å². The normalized spacial score (nSPS) is 26.6. The minimum Gasteiger partial charge on any atom is -0.344 e. The molecule has 4 heteroatoms. The third-order valence-corrected chi connectivity index (χ3v) is 5.02. The molecule has 3 rings (SSSR count). The summed E-state index contributed by atoms with van der Waals surface area (Å²) in [5.41, 5.74) is 2.87. The molecule has 1 amide bonds. The Balaban J connectivity index is 1.70. The predicted octanol–water partition coefficient (Wildman–Crippen LogP) is 2.65. The highest BCUT2D eigenvalue weighted by Crippen LogP contribution is 2.36. The summed E-state index contributed by atoms with van der Waals surface area (Å²) in [6.45, 7) is 0.832. The molecule has 1 aliphatic carbocycles. The summed E-state index contributed by atoms with van der Waals surface area (Å²) in [4.78, 5) is 13.4. The molecule has 3 nitrogen and oxygen atoms in total. The van der Waals surface area contributed by atoms with Crippen LogP contribution in [0.5, 0.6) is 0 Å². The van der Waals surface area contributed by atoms with Crippen molar-refractivity contribution in [2.45, 2.75) is 37.8 Å². The zero-order chi connectivity index (χ0) is 13.4. The van der Waals surface area contributed by atoms with Crippen LogP contribution in [0.15, 0.2) is 22.7 Å². The van der Waals surface area contributed by atoms with Crippen LogP contribution < -0.4 is 5.32 Å².